The molecule has 2 aliphatic rings. The molecule has 3 aromatic rings. The number of hydrogen-bond acceptors (Lipinski definition) is 4. The van der Waals surface area contributed by atoms with Gasteiger partial charge in [0.15, 0.2) is 0 Å². The zero-order chi connectivity index (χ0) is 21.5. The van der Waals surface area contributed by atoms with E-state index in [0.717, 1.165) is 60.1 Å². The smallest absolute Gasteiger partial charge is 0.261 e. The molecule has 1 saturated carbocycles. The molecule has 1 aromatic heterocycles. The van der Waals surface area contributed by atoms with Crippen molar-refractivity contribution in [2.24, 2.45) is 0 Å². The van der Waals surface area contributed by atoms with Gasteiger partial charge in [-0.2, -0.15) is 0 Å². The molecule has 2 heterocycles. The van der Waals surface area contributed by atoms with Crippen molar-refractivity contribution < 1.29 is 5.11 Å². The Labute approximate surface area is 186 Å². The number of nitrogens with zero attached hydrogens (tertiary/aromatic N) is 3. The zero-order valence-corrected chi connectivity index (χ0v) is 18.3. The van der Waals surface area contributed by atoms with E-state index in [-0.39, 0.29) is 11.6 Å². The number of aliphatic hydroxyl groups is 1. The van der Waals surface area contributed by atoms with Gasteiger partial charge in [0.2, 0.25) is 0 Å². The number of likely N-dealkylation sites (N-methyl/N-ethyl adjacent to an activating group) is 1. The molecular formula is C25H26ClN3O2. The third-order valence-corrected chi connectivity index (χ3v) is 6.79. The standard InChI is InChI=1S/C25H26ClN3O2/c1-28-11-5-8-19-17(12-16-6-4-7-18(26)13-16)14-20-23(24(19)28)27-15-29(25(20)31)21-9-2-3-10-22(21)30/h4-8,13-15,21-22,30H,2-3,9-12H2,1H3/t21-,22-/m0/s1. The van der Waals surface area contributed by atoms with Crippen molar-refractivity contribution in [1.82, 2.24) is 9.55 Å². The van der Waals surface area contributed by atoms with Gasteiger partial charge in [0.05, 0.1) is 29.5 Å². The molecule has 160 valence electrons. The largest absolute Gasteiger partial charge is 0.391 e. The maximum Gasteiger partial charge on any atom is 0.261 e. The maximum atomic E-state index is 13.6. The fraction of sp³-hybridized carbons (Fsp3) is 0.360. The topological polar surface area (TPSA) is 58.4 Å². The van der Waals surface area contributed by atoms with Crippen LogP contribution in [-0.4, -0.2) is 34.4 Å². The van der Waals surface area contributed by atoms with E-state index in [9.17, 15) is 9.90 Å². The fourth-order valence-corrected chi connectivity index (χ4v) is 5.20. The van der Waals surface area contributed by atoms with Gasteiger partial charge in [0.1, 0.15) is 5.52 Å². The highest BCUT2D eigenvalue weighted by atomic mass is 35.5. The minimum atomic E-state index is -0.500. The summed E-state index contributed by atoms with van der Waals surface area (Å²) in [5.41, 5.74) is 4.92. The van der Waals surface area contributed by atoms with Crippen molar-refractivity contribution in [1.29, 1.82) is 0 Å². The molecule has 1 fully saturated rings. The van der Waals surface area contributed by atoms with E-state index in [0.29, 0.717) is 16.8 Å². The third-order valence-electron chi connectivity index (χ3n) is 6.56. The van der Waals surface area contributed by atoms with Crippen LogP contribution in [-0.2, 0) is 6.42 Å². The van der Waals surface area contributed by atoms with E-state index >= 15 is 0 Å². The lowest BCUT2D eigenvalue weighted by atomic mass is 9.91. The van der Waals surface area contributed by atoms with Crippen LogP contribution in [0.15, 0.2) is 47.5 Å². The Morgan fingerprint density at radius 3 is 2.87 bits per heavy atom. The van der Waals surface area contributed by atoms with Crippen molar-refractivity contribution in [3.63, 3.8) is 0 Å². The molecule has 5 rings (SSSR count). The van der Waals surface area contributed by atoms with Crippen LogP contribution >= 0.6 is 11.6 Å². The Bertz CT molecular complexity index is 1230. The molecule has 31 heavy (non-hydrogen) atoms. The van der Waals surface area contributed by atoms with Gasteiger partial charge in [-0.25, -0.2) is 4.98 Å². The number of aromatic nitrogens is 2. The highest BCUT2D eigenvalue weighted by molar-refractivity contribution is 6.30. The summed E-state index contributed by atoms with van der Waals surface area (Å²) in [5, 5.41) is 11.8. The monoisotopic (exact) mass is 435 g/mol. The highest BCUT2D eigenvalue weighted by Gasteiger charge is 2.27. The summed E-state index contributed by atoms with van der Waals surface area (Å²) in [7, 11) is 2.03. The van der Waals surface area contributed by atoms with Crippen LogP contribution in [0.1, 0.15) is 48.4 Å². The zero-order valence-electron chi connectivity index (χ0n) is 17.6. The van der Waals surface area contributed by atoms with Gasteiger partial charge in [-0.1, -0.05) is 48.7 Å². The van der Waals surface area contributed by atoms with Crippen LogP contribution in [0.4, 0.5) is 5.69 Å². The van der Waals surface area contributed by atoms with Crippen molar-refractivity contribution in [2.45, 2.75) is 44.2 Å². The van der Waals surface area contributed by atoms with Crippen LogP contribution < -0.4 is 10.5 Å². The molecule has 1 aliphatic heterocycles. The van der Waals surface area contributed by atoms with Gasteiger partial charge in [-0.3, -0.25) is 9.36 Å². The summed E-state index contributed by atoms with van der Waals surface area (Å²) in [5.74, 6) is 0. The first kappa shape index (κ1) is 20.3. The van der Waals surface area contributed by atoms with Crippen molar-refractivity contribution in [3.05, 3.63) is 74.8 Å². The van der Waals surface area contributed by atoms with Crippen LogP contribution in [0, 0.1) is 0 Å². The molecule has 0 bridgehead atoms. The summed E-state index contributed by atoms with van der Waals surface area (Å²) < 4.78 is 1.65. The quantitative estimate of drug-likeness (QED) is 0.654. The fourth-order valence-electron chi connectivity index (χ4n) is 4.99. The molecule has 0 amide bonds. The Hall–Kier alpha value is -2.63. The van der Waals surface area contributed by atoms with Crippen molar-refractivity contribution >= 4 is 34.3 Å². The number of rotatable bonds is 3. The van der Waals surface area contributed by atoms with Gasteiger partial charge in [-0.05, 0) is 48.6 Å². The van der Waals surface area contributed by atoms with E-state index in [1.165, 1.54) is 0 Å². The molecule has 0 spiro atoms. The predicted octanol–water partition coefficient (Wildman–Crippen LogP) is 4.58. The first-order valence-corrected chi connectivity index (χ1v) is 11.3. The second-order valence-electron chi connectivity index (χ2n) is 8.66. The molecule has 2 aromatic carbocycles. The Balaban J connectivity index is 1.70. The number of halogens is 1. The van der Waals surface area contributed by atoms with Gasteiger partial charge < -0.3 is 10.0 Å². The first-order chi connectivity index (χ1) is 15.0. The van der Waals surface area contributed by atoms with E-state index < -0.39 is 6.10 Å². The Morgan fingerprint density at radius 1 is 1.23 bits per heavy atom. The lowest BCUT2D eigenvalue weighted by molar-refractivity contribution is 0.0735. The normalized spacial score (nSPS) is 20.8. The van der Waals surface area contributed by atoms with Gasteiger partial charge in [0, 0.05) is 24.2 Å². The van der Waals surface area contributed by atoms with Crippen molar-refractivity contribution in [2.75, 3.05) is 18.5 Å². The number of benzene rings is 2. The van der Waals surface area contributed by atoms with Crippen LogP contribution in [0.25, 0.3) is 17.0 Å². The van der Waals surface area contributed by atoms with Crippen LogP contribution in [0.2, 0.25) is 5.02 Å². The molecule has 6 heteroatoms. The van der Waals surface area contributed by atoms with E-state index in [4.69, 9.17) is 16.6 Å². The molecule has 2 atom stereocenters. The van der Waals surface area contributed by atoms with Gasteiger partial charge in [-0.15, -0.1) is 0 Å². The average molecular weight is 436 g/mol. The van der Waals surface area contributed by atoms with Crippen molar-refractivity contribution in [3.8, 4) is 0 Å². The summed E-state index contributed by atoms with van der Waals surface area (Å²) >= 11 is 6.21. The minimum absolute atomic E-state index is 0.0750. The SMILES string of the molecule is CN1CC=Cc2c(Cc3cccc(Cl)c3)cc3c(=O)n([C@H]4CCCC[C@@H]4O)cnc3c21. The van der Waals surface area contributed by atoms with E-state index in [1.54, 1.807) is 10.9 Å². The molecule has 1 N–H and O–H groups in total. The lowest BCUT2D eigenvalue weighted by Gasteiger charge is -2.30. The predicted molar refractivity (Wildman–Crippen MR) is 126 cm³/mol. The third kappa shape index (κ3) is 3.66. The average Bonchev–Trinajstić information content (AvgIpc) is 2.75. The molecule has 1 aliphatic carbocycles. The Kier molecular flexibility index (Phi) is 5.32. The molecule has 5 nitrogen and oxygen atoms in total. The lowest BCUT2D eigenvalue weighted by Crippen LogP contribution is -2.35. The number of hydrogen-bond donors (Lipinski definition) is 1. The maximum absolute atomic E-state index is 13.6. The molecule has 0 unspecified atom stereocenters. The number of fused-ring (bicyclic) bond motifs is 3. The van der Waals surface area contributed by atoms with Crippen LogP contribution in [0.5, 0.6) is 0 Å². The number of aliphatic hydroxyl groups excluding tert-OH is 1. The van der Waals surface area contributed by atoms with E-state index in [2.05, 4.69) is 23.1 Å². The summed E-state index contributed by atoms with van der Waals surface area (Å²) in [6.45, 7) is 0.773. The first-order valence-electron chi connectivity index (χ1n) is 10.9. The summed E-state index contributed by atoms with van der Waals surface area (Å²) in [6, 6.07) is 9.62. The van der Waals surface area contributed by atoms with E-state index in [1.807, 2.05) is 31.3 Å². The molecular weight excluding hydrogens is 410 g/mol. The Morgan fingerprint density at radius 2 is 2.06 bits per heavy atom. The summed E-state index contributed by atoms with van der Waals surface area (Å²) in [6.07, 6.45) is 9.63. The van der Waals surface area contributed by atoms with Crippen LogP contribution in [0.3, 0.4) is 0 Å². The minimum Gasteiger partial charge on any atom is -0.391 e. The highest BCUT2D eigenvalue weighted by Crippen LogP contribution is 2.36. The molecule has 0 radical (unpaired) electrons. The van der Waals surface area contributed by atoms with Gasteiger partial charge >= 0.3 is 0 Å². The number of anilines is 1. The summed E-state index contributed by atoms with van der Waals surface area (Å²) in [4.78, 5) is 20.5. The second kappa shape index (κ2) is 8.13. The van der Waals surface area contributed by atoms with Gasteiger partial charge in [0.25, 0.3) is 5.56 Å². The molecule has 0 saturated heterocycles. The second-order valence-corrected chi connectivity index (χ2v) is 9.10.